The largest absolute Gasteiger partial charge is 0.337 e. The molecule has 0 spiro atoms. The van der Waals surface area contributed by atoms with Crippen LogP contribution in [0.25, 0.3) is 11.0 Å². The Hall–Kier alpha value is -3.45. The third kappa shape index (κ3) is 4.51. The monoisotopic (exact) mass is 432 g/mol. The number of nitrogens with zero attached hydrogens (tertiary/aromatic N) is 2. The molecule has 158 valence electrons. The van der Waals surface area contributed by atoms with E-state index < -0.39 is 10.0 Å². The SMILES string of the molecule is Cc1ccc(S(=O)(=O)Nc2nc3ccc(C)cc3nc2Nc2cc(C)ccc2C)cc1. The topological polar surface area (TPSA) is 84.0 Å². The molecule has 4 rings (SSSR count). The lowest BCUT2D eigenvalue weighted by atomic mass is 10.1. The number of hydrogen-bond donors (Lipinski definition) is 2. The van der Waals surface area contributed by atoms with Gasteiger partial charge in [0.15, 0.2) is 11.6 Å². The maximum atomic E-state index is 13.0. The van der Waals surface area contributed by atoms with Crippen LogP contribution >= 0.6 is 0 Å². The van der Waals surface area contributed by atoms with Crippen molar-refractivity contribution in [1.82, 2.24) is 9.97 Å². The molecule has 0 aliphatic heterocycles. The second-order valence-corrected chi connectivity index (χ2v) is 9.46. The van der Waals surface area contributed by atoms with Crippen molar-refractivity contribution < 1.29 is 8.42 Å². The molecule has 1 aromatic heterocycles. The first-order valence-corrected chi connectivity index (χ1v) is 11.4. The van der Waals surface area contributed by atoms with E-state index in [9.17, 15) is 8.42 Å². The molecule has 0 amide bonds. The zero-order valence-corrected chi connectivity index (χ0v) is 18.7. The maximum Gasteiger partial charge on any atom is 0.263 e. The van der Waals surface area contributed by atoms with Crippen LogP contribution in [-0.2, 0) is 10.0 Å². The highest BCUT2D eigenvalue weighted by molar-refractivity contribution is 7.92. The van der Waals surface area contributed by atoms with Gasteiger partial charge in [-0.15, -0.1) is 0 Å². The molecular formula is C24H24N4O2S. The fraction of sp³-hybridized carbons (Fsp3) is 0.167. The molecule has 0 bridgehead atoms. The van der Waals surface area contributed by atoms with Crippen LogP contribution in [0.2, 0.25) is 0 Å². The first kappa shape index (κ1) is 20.8. The average Bonchev–Trinajstić information content (AvgIpc) is 2.71. The lowest BCUT2D eigenvalue weighted by molar-refractivity contribution is 0.601. The summed E-state index contributed by atoms with van der Waals surface area (Å²) < 4.78 is 28.7. The summed E-state index contributed by atoms with van der Waals surface area (Å²) in [6.07, 6.45) is 0. The van der Waals surface area contributed by atoms with Crippen LogP contribution in [0, 0.1) is 27.7 Å². The van der Waals surface area contributed by atoms with Gasteiger partial charge < -0.3 is 5.32 Å². The molecular weight excluding hydrogens is 408 g/mol. The van der Waals surface area contributed by atoms with Gasteiger partial charge in [0, 0.05) is 5.69 Å². The second-order valence-electron chi connectivity index (χ2n) is 7.77. The fourth-order valence-electron chi connectivity index (χ4n) is 3.22. The van der Waals surface area contributed by atoms with E-state index in [-0.39, 0.29) is 10.7 Å². The second kappa shape index (κ2) is 8.00. The van der Waals surface area contributed by atoms with Crippen molar-refractivity contribution in [3.05, 3.63) is 82.9 Å². The number of hydrogen-bond acceptors (Lipinski definition) is 5. The van der Waals surface area contributed by atoms with Gasteiger partial charge in [0.05, 0.1) is 15.9 Å². The van der Waals surface area contributed by atoms with E-state index in [1.54, 1.807) is 24.3 Å². The lowest BCUT2D eigenvalue weighted by Crippen LogP contribution is -2.16. The number of benzene rings is 3. The van der Waals surface area contributed by atoms with Gasteiger partial charge >= 0.3 is 0 Å². The van der Waals surface area contributed by atoms with E-state index in [0.717, 1.165) is 27.9 Å². The number of nitrogens with one attached hydrogen (secondary N) is 2. The van der Waals surface area contributed by atoms with Crippen LogP contribution in [0.15, 0.2) is 65.6 Å². The molecule has 3 aromatic carbocycles. The van der Waals surface area contributed by atoms with Crippen molar-refractivity contribution in [2.75, 3.05) is 10.0 Å². The maximum absolute atomic E-state index is 13.0. The first-order valence-electron chi connectivity index (χ1n) is 9.93. The first-order chi connectivity index (χ1) is 14.7. The van der Waals surface area contributed by atoms with Gasteiger partial charge in [-0.1, -0.05) is 35.9 Å². The predicted octanol–water partition coefficient (Wildman–Crippen LogP) is 5.41. The number of sulfonamides is 1. The van der Waals surface area contributed by atoms with Crippen molar-refractivity contribution in [1.29, 1.82) is 0 Å². The number of aryl methyl sites for hydroxylation is 4. The third-order valence-corrected chi connectivity index (χ3v) is 6.38. The third-order valence-electron chi connectivity index (χ3n) is 5.03. The van der Waals surface area contributed by atoms with Crippen LogP contribution in [0.3, 0.4) is 0 Å². The number of fused-ring (bicyclic) bond motifs is 1. The van der Waals surface area contributed by atoms with Crippen molar-refractivity contribution in [2.24, 2.45) is 0 Å². The molecule has 0 saturated heterocycles. The molecule has 7 heteroatoms. The Morgan fingerprint density at radius 1 is 0.677 bits per heavy atom. The standard InChI is InChI=1S/C24H24N4O2S/c1-15-6-10-19(11-7-15)31(29,30)28-24-23(26-21-13-16(2)5-9-18(21)4)27-22-14-17(3)8-12-20(22)25-24/h5-14H,1-4H3,(H,25,28)(H,26,27). The Kier molecular flexibility index (Phi) is 5.37. The van der Waals surface area contributed by atoms with Gasteiger partial charge in [-0.05, 0) is 74.7 Å². The van der Waals surface area contributed by atoms with Gasteiger partial charge in [-0.2, -0.15) is 0 Å². The molecule has 0 saturated carbocycles. The van der Waals surface area contributed by atoms with Gasteiger partial charge in [-0.3, -0.25) is 4.72 Å². The number of rotatable bonds is 5. The summed E-state index contributed by atoms with van der Waals surface area (Å²) in [5.74, 6) is 0.500. The minimum Gasteiger partial charge on any atom is -0.337 e. The smallest absolute Gasteiger partial charge is 0.263 e. The molecule has 2 N–H and O–H groups in total. The molecule has 4 aromatic rings. The molecule has 0 atom stereocenters. The molecule has 31 heavy (non-hydrogen) atoms. The molecule has 0 aliphatic rings. The minimum absolute atomic E-state index is 0.151. The Morgan fingerprint density at radius 3 is 2.03 bits per heavy atom. The van der Waals surface area contributed by atoms with Crippen molar-refractivity contribution in [3.63, 3.8) is 0 Å². The molecule has 1 heterocycles. The summed E-state index contributed by atoms with van der Waals surface area (Å²) in [4.78, 5) is 9.44. The number of aromatic nitrogens is 2. The van der Waals surface area contributed by atoms with Crippen LogP contribution in [-0.4, -0.2) is 18.4 Å². The highest BCUT2D eigenvalue weighted by atomic mass is 32.2. The lowest BCUT2D eigenvalue weighted by Gasteiger charge is -2.15. The summed E-state index contributed by atoms with van der Waals surface area (Å²) in [6.45, 7) is 7.87. The Balaban J connectivity index is 1.82. The zero-order valence-electron chi connectivity index (χ0n) is 17.9. The summed E-state index contributed by atoms with van der Waals surface area (Å²) in [5.41, 5.74) is 6.27. The van der Waals surface area contributed by atoms with E-state index in [0.29, 0.717) is 16.9 Å². The number of anilines is 3. The minimum atomic E-state index is -3.83. The van der Waals surface area contributed by atoms with E-state index in [1.807, 2.05) is 64.1 Å². The van der Waals surface area contributed by atoms with Gasteiger partial charge in [0.2, 0.25) is 0 Å². The van der Waals surface area contributed by atoms with Crippen LogP contribution < -0.4 is 10.0 Å². The summed E-state index contributed by atoms with van der Waals surface area (Å²) >= 11 is 0. The zero-order chi connectivity index (χ0) is 22.2. The summed E-state index contributed by atoms with van der Waals surface area (Å²) in [7, 11) is -3.83. The van der Waals surface area contributed by atoms with Crippen LogP contribution in [0.4, 0.5) is 17.3 Å². The van der Waals surface area contributed by atoms with E-state index in [1.165, 1.54) is 0 Å². The van der Waals surface area contributed by atoms with Crippen LogP contribution in [0.5, 0.6) is 0 Å². The van der Waals surface area contributed by atoms with Crippen molar-refractivity contribution in [2.45, 2.75) is 32.6 Å². The predicted molar refractivity (Wildman–Crippen MR) is 125 cm³/mol. The van der Waals surface area contributed by atoms with Gasteiger partial charge in [0.25, 0.3) is 10.0 Å². The van der Waals surface area contributed by atoms with Crippen LogP contribution in [0.1, 0.15) is 22.3 Å². The molecule has 0 fully saturated rings. The summed E-state index contributed by atoms with van der Waals surface area (Å²) in [6, 6.07) is 18.4. The van der Waals surface area contributed by atoms with E-state index >= 15 is 0 Å². The highest BCUT2D eigenvalue weighted by Crippen LogP contribution is 2.29. The molecule has 0 unspecified atom stereocenters. The average molecular weight is 433 g/mol. The van der Waals surface area contributed by atoms with Crippen molar-refractivity contribution in [3.8, 4) is 0 Å². The van der Waals surface area contributed by atoms with Gasteiger partial charge in [0.1, 0.15) is 0 Å². The fourth-order valence-corrected chi connectivity index (χ4v) is 4.23. The Morgan fingerprint density at radius 2 is 1.29 bits per heavy atom. The molecule has 6 nitrogen and oxygen atoms in total. The Bertz CT molecular complexity index is 1380. The highest BCUT2D eigenvalue weighted by Gasteiger charge is 2.19. The molecule has 0 radical (unpaired) electrons. The summed E-state index contributed by atoms with van der Waals surface area (Å²) in [5, 5.41) is 3.28. The quantitative estimate of drug-likeness (QED) is 0.441. The molecule has 0 aliphatic carbocycles. The van der Waals surface area contributed by atoms with E-state index in [2.05, 4.69) is 15.0 Å². The van der Waals surface area contributed by atoms with Gasteiger partial charge in [-0.25, -0.2) is 18.4 Å². The Labute approximate surface area is 182 Å². The van der Waals surface area contributed by atoms with Crippen molar-refractivity contribution >= 4 is 38.4 Å². The van der Waals surface area contributed by atoms with E-state index in [4.69, 9.17) is 4.98 Å². The normalized spacial score (nSPS) is 11.5.